The van der Waals surface area contributed by atoms with Crippen LogP contribution in [0, 0.1) is 30.3 Å². The van der Waals surface area contributed by atoms with Gasteiger partial charge < -0.3 is 5.11 Å². The topological polar surface area (TPSA) is 152 Å². The Hall–Kier alpha value is -2.18. The Kier molecular flexibility index (Phi) is 4.57. The summed E-state index contributed by atoms with van der Waals surface area (Å²) < 4.78 is 0. The molecule has 1 rings (SSSR count). The first kappa shape index (κ1) is 14.8. The summed E-state index contributed by atoms with van der Waals surface area (Å²) in [4.78, 5) is 27.5. The molecule has 0 unspecified atom stereocenters. The summed E-state index contributed by atoms with van der Waals surface area (Å²) in [5.41, 5.74) is -3.26. The zero-order valence-electron chi connectivity index (χ0n) is 8.35. The molecule has 0 saturated carbocycles. The normalized spacial score (nSPS) is 9.18. The van der Waals surface area contributed by atoms with Gasteiger partial charge in [0.2, 0.25) is 0 Å². The summed E-state index contributed by atoms with van der Waals surface area (Å²) >= 11 is 0. The van der Waals surface area contributed by atoms with E-state index < -0.39 is 37.6 Å². The molecule has 0 aromatic heterocycles. The van der Waals surface area contributed by atoms with E-state index in [1.807, 2.05) is 0 Å². The van der Waals surface area contributed by atoms with E-state index in [9.17, 15) is 35.4 Å². The maximum absolute atomic E-state index is 11.1. The fraction of sp³-hybridized carbons (Fsp3) is 0. The van der Waals surface area contributed by atoms with Gasteiger partial charge in [-0.2, -0.15) is 0 Å². The Morgan fingerprint density at radius 1 is 0.824 bits per heavy atom. The number of hydrogen-bond donors (Lipinski definition) is 0. The number of non-ortho nitro benzene ring substituents is 1. The van der Waals surface area contributed by atoms with E-state index >= 15 is 0 Å². The van der Waals surface area contributed by atoms with Gasteiger partial charge in [-0.25, -0.2) is 0 Å². The van der Waals surface area contributed by atoms with E-state index in [1.54, 1.807) is 0 Å². The van der Waals surface area contributed by atoms with Crippen molar-refractivity contribution in [2.24, 2.45) is 0 Å². The first-order valence-corrected chi connectivity index (χ1v) is 3.63. The molecule has 0 aliphatic heterocycles. The van der Waals surface area contributed by atoms with Gasteiger partial charge in [-0.1, -0.05) is 0 Å². The zero-order chi connectivity index (χ0) is 12.5. The minimum absolute atomic E-state index is 0. The van der Waals surface area contributed by atoms with Crippen LogP contribution in [0.2, 0.25) is 0 Å². The van der Waals surface area contributed by atoms with E-state index in [2.05, 4.69) is 0 Å². The van der Waals surface area contributed by atoms with Crippen molar-refractivity contribution in [3.05, 3.63) is 42.5 Å². The Balaban J connectivity index is 0.00000256. The van der Waals surface area contributed by atoms with Gasteiger partial charge in [0.05, 0.1) is 32.7 Å². The Morgan fingerprint density at radius 2 is 1.18 bits per heavy atom. The number of rotatable bonds is 3. The molecule has 0 radical (unpaired) electrons. The summed E-state index contributed by atoms with van der Waals surface area (Å²) in [6.07, 6.45) is 0. The molecule has 10 nitrogen and oxygen atoms in total. The molecule has 11 heteroatoms. The molecule has 84 valence electrons. The number of nitrogens with zero attached hydrogens (tertiary/aromatic N) is 3. The molecule has 0 aliphatic carbocycles. The molecular formula is C6H2LiN3O7. The van der Waals surface area contributed by atoms with Gasteiger partial charge >= 0.3 is 18.9 Å². The molecule has 0 saturated heterocycles. The van der Waals surface area contributed by atoms with E-state index in [1.165, 1.54) is 0 Å². The van der Waals surface area contributed by atoms with E-state index in [0.717, 1.165) is 0 Å². The Bertz CT molecular complexity index is 467. The largest absolute Gasteiger partial charge is 1.00 e. The fourth-order valence-electron chi connectivity index (χ4n) is 0.961. The van der Waals surface area contributed by atoms with Crippen molar-refractivity contribution in [2.75, 3.05) is 0 Å². The average Bonchev–Trinajstić information content (AvgIpc) is 2.16. The molecule has 1 aromatic carbocycles. The number of nitro groups is 3. The van der Waals surface area contributed by atoms with Crippen LogP contribution in [0.3, 0.4) is 0 Å². The second kappa shape index (κ2) is 5.24. The van der Waals surface area contributed by atoms with Crippen molar-refractivity contribution in [1.82, 2.24) is 0 Å². The van der Waals surface area contributed by atoms with Crippen molar-refractivity contribution in [3.8, 4) is 5.75 Å². The Morgan fingerprint density at radius 3 is 1.41 bits per heavy atom. The van der Waals surface area contributed by atoms with Crippen LogP contribution >= 0.6 is 0 Å². The van der Waals surface area contributed by atoms with Gasteiger partial charge in [0.25, 0.3) is 17.1 Å². The fourth-order valence-corrected chi connectivity index (χ4v) is 0.961. The van der Waals surface area contributed by atoms with Gasteiger partial charge in [0.15, 0.2) is 0 Å². The monoisotopic (exact) mass is 235 g/mol. The smallest absolute Gasteiger partial charge is 0.863 e. The Labute approximate surface area is 104 Å². The van der Waals surface area contributed by atoms with E-state index in [0.29, 0.717) is 12.1 Å². The summed E-state index contributed by atoms with van der Waals surface area (Å²) in [6, 6.07) is 0.769. The van der Waals surface area contributed by atoms with Crippen molar-refractivity contribution < 1.29 is 38.7 Å². The van der Waals surface area contributed by atoms with Crippen LogP contribution < -0.4 is 24.0 Å². The number of hydrogen-bond acceptors (Lipinski definition) is 7. The molecule has 0 N–H and O–H groups in total. The zero-order valence-corrected chi connectivity index (χ0v) is 8.35. The van der Waals surface area contributed by atoms with Crippen LogP contribution in [0.1, 0.15) is 0 Å². The van der Waals surface area contributed by atoms with Gasteiger partial charge in [-0.05, 0) is 0 Å². The molecule has 0 amide bonds. The van der Waals surface area contributed by atoms with E-state index in [4.69, 9.17) is 0 Å². The average molecular weight is 235 g/mol. The predicted molar refractivity (Wildman–Crippen MR) is 45.9 cm³/mol. The quantitative estimate of drug-likeness (QED) is 0.318. The third-order valence-electron chi connectivity index (χ3n) is 1.64. The van der Waals surface area contributed by atoms with Crippen LogP contribution in [0.15, 0.2) is 12.1 Å². The first-order chi connectivity index (χ1) is 7.34. The van der Waals surface area contributed by atoms with Gasteiger partial charge in [0, 0.05) is 0 Å². The van der Waals surface area contributed by atoms with Crippen molar-refractivity contribution in [1.29, 1.82) is 0 Å². The van der Waals surface area contributed by atoms with Crippen LogP contribution in [-0.4, -0.2) is 14.8 Å². The molecule has 0 aliphatic rings. The minimum atomic E-state index is -1.46. The number of nitro benzene ring substituents is 3. The molecular weight excluding hydrogens is 233 g/mol. The standard InChI is InChI=1S/C6H3N3O7.Li/c10-6-4(8(13)14)1-3(7(11)12)2-5(6)9(15)16;/h1-2,10H;/q;+1/p-1. The van der Waals surface area contributed by atoms with Crippen molar-refractivity contribution in [2.45, 2.75) is 0 Å². The molecule has 17 heavy (non-hydrogen) atoms. The summed E-state index contributed by atoms with van der Waals surface area (Å²) in [5.74, 6) is -1.46. The van der Waals surface area contributed by atoms with Crippen LogP contribution in [0.5, 0.6) is 5.75 Å². The second-order valence-corrected chi connectivity index (χ2v) is 2.58. The van der Waals surface area contributed by atoms with Gasteiger partial charge in [0.1, 0.15) is 0 Å². The van der Waals surface area contributed by atoms with Crippen LogP contribution in [0.4, 0.5) is 17.1 Å². The summed E-state index contributed by atoms with van der Waals surface area (Å²) in [5, 5.41) is 42.1. The molecule has 0 atom stereocenters. The third kappa shape index (κ3) is 2.89. The maximum Gasteiger partial charge on any atom is 1.00 e. The predicted octanol–water partition coefficient (Wildman–Crippen LogP) is -2.51. The van der Waals surface area contributed by atoms with Crippen molar-refractivity contribution in [3.63, 3.8) is 0 Å². The molecule has 0 heterocycles. The van der Waals surface area contributed by atoms with Gasteiger partial charge in [-0.3, -0.25) is 30.3 Å². The van der Waals surface area contributed by atoms with Crippen LogP contribution in [0.25, 0.3) is 0 Å². The molecule has 1 aromatic rings. The minimum Gasteiger partial charge on any atom is -0.863 e. The molecule has 0 fully saturated rings. The van der Waals surface area contributed by atoms with E-state index in [-0.39, 0.29) is 18.9 Å². The molecule has 0 bridgehead atoms. The third-order valence-corrected chi connectivity index (χ3v) is 1.64. The molecule has 0 spiro atoms. The maximum atomic E-state index is 11.1. The number of benzene rings is 1. The summed E-state index contributed by atoms with van der Waals surface area (Å²) in [7, 11) is 0. The van der Waals surface area contributed by atoms with Crippen molar-refractivity contribution >= 4 is 17.1 Å². The van der Waals surface area contributed by atoms with Crippen LogP contribution in [-0.2, 0) is 0 Å². The second-order valence-electron chi connectivity index (χ2n) is 2.58. The SMILES string of the molecule is O=[N+]([O-])c1cc([N+](=O)[O-])c([O-])c([N+](=O)[O-])c1.[Li+]. The summed E-state index contributed by atoms with van der Waals surface area (Å²) in [6.45, 7) is 0. The van der Waals surface area contributed by atoms with Gasteiger partial charge in [-0.15, -0.1) is 0 Å². The first-order valence-electron chi connectivity index (χ1n) is 3.63.